The van der Waals surface area contributed by atoms with E-state index in [2.05, 4.69) is 41.6 Å². The molecule has 3 nitrogen and oxygen atoms in total. The first-order valence-corrected chi connectivity index (χ1v) is 6.08. The van der Waals surface area contributed by atoms with Crippen LogP contribution in [0.1, 0.15) is 22.0 Å². The number of hydrazine groups is 1. The molecule has 0 fully saturated rings. The summed E-state index contributed by atoms with van der Waals surface area (Å²) in [6, 6.07) is 8.52. The number of aryl methyl sites for hydroxylation is 1. The molecule has 0 amide bonds. The molecular weight excluding hydrogens is 218 g/mol. The predicted octanol–water partition coefficient (Wildman–Crippen LogP) is 2.20. The largest absolute Gasteiger partial charge is 0.271 e. The van der Waals surface area contributed by atoms with Gasteiger partial charge in [-0.3, -0.25) is 16.3 Å². The van der Waals surface area contributed by atoms with Gasteiger partial charge in [-0.1, -0.05) is 24.3 Å². The molecule has 0 aliphatic carbocycles. The van der Waals surface area contributed by atoms with Crippen LogP contribution in [0.5, 0.6) is 0 Å². The number of rotatable bonds is 4. The topological polar surface area (TPSA) is 50.9 Å². The number of thiazole rings is 1. The average molecular weight is 233 g/mol. The van der Waals surface area contributed by atoms with E-state index >= 15 is 0 Å². The molecule has 1 aromatic carbocycles. The first-order chi connectivity index (χ1) is 7.81. The standard InChI is InChI=1S/C12H15N3S/c1-9-4-2-3-5-10(9)6-11(15-13)12-7-14-8-16-12/h2-5,7-8,11,15H,6,13H2,1H3. The van der Waals surface area contributed by atoms with Crippen molar-refractivity contribution in [2.75, 3.05) is 0 Å². The van der Waals surface area contributed by atoms with Gasteiger partial charge >= 0.3 is 0 Å². The van der Waals surface area contributed by atoms with E-state index in [1.54, 1.807) is 11.3 Å². The Morgan fingerprint density at radius 3 is 2.88 bits per heavy atom. The lowest BCUT2D eigenvalue weighted by molar-refractivity contribution is 0.558. The summed E-state index contributed by atoms with van der Waals surface area (Å²) >= 11 is 1.63. The third kappa shape index (κ3) is 2.47. The Morgan fingerprint density at radius 2 is 2.25 bits per heavy atom. The van der Waals surface area contributed by atoms with Crippen LogP contribution < -0.4 is 11.3 Å². The van der Waals surface area contributed by atoms with Crippen molar-refractivity contribution in [2.24, 2.45) is 5.84 Å². The molecule has 1 atom stereocenters. The van der Waals surface area contributed by atoms with Gasteiger partial charge in [-0.05, 0) is 24.5 Å². The third-order valence-electron chi connectivity index (χ3n) is 2.68. The summed E-state index contributed by atoms with van der Waals surface area (Å²) in [6.07, 6.45) is 2.76. The van der Waals surface area contributed by atoms with Gasteiger partial charge in [-0.2, -0.15) is 0 Å². The van der Waals surface area contributed by atoms with Crippen LogP contribution in [0, 0.1) is 6.92 Å². The fraction of sp³-hybridized carbons (Fsp3) is 0.250. The summed E-state index contributed by atoms with van der Waals surface area (Å²) in [4.78, 5) is 5.25. The zero-order chi connectivity index (χ0) is 11.4. The molecule has 16 heavy (non-hydrogen) atoms. The van der Waals surface area contributed by atoms with Gasteiger partial charge in [-0.15, -0.1) is 11.3 Å². The maximum absolute atomic E-state index is 5.59. The quantitative estimate of drug-likeness (QED) is 0.629. The molecule has 4 heteroatoms. The lowest BCUT2D eigenvalue weighted by Gasteiger charge is -2.15. The van der Waals surface area contributed by atoms with E-state index < -0.39 is 0 Å². The smallest absolute Gasteiger partial charge is 0.0794 e. The van der Waals surface area contributed by atoms with Crippen molar-refractivity contribution in [3.8, 4) is 0 Å². The molecule has 0 saturated heterocycles. The molecule has 1 aromatic heterocycles. The molecular formula is C12H15N3S. The summed E-state index contributed by atoms with van der Waals surface area (Å²) in [7, 11) is 0. The molecule has 2 aromatic rings. The van der Waals surface area contributed by atoms with Gasteiger partial charge in [0.2, 0.25) is 0 Å². The molecule has 1 heterocycles. The highest BCUT2D eigenvalue weighted by atomic mass is 32.1. The first-order valence-electron chi connectivity index (χ1n) is 5.20. The normalized spacial score (nSPS) is 12.6. The SMILES string of the molecule is Cc1ccccc1CC(NN)c1cncs1. The van der Waals surface area contributed by atoms with Gasteiger partial charge < -0.3 is 0 Å². The van der Waals surface area contributed by atoms with Crippen molar-refractivity contribution in [1.29, 1.82) is 0 Å². The molecule has 3 N–H and O–H groups in total. The highest BCUT2D eigenvalue weighted by Gasteiger charge is 2.12. The Kier molecular flexibility index (Phi) is 3.66. The molecule has 0 radical (unpaired) electrons. The minimum Gasteiger partial charge on any atom is -0.271 e. The second-order valence-electron chi connectivity index (χ2n) is 3.75. The fourth-order valence-electron chi connectivity index (χ4n) is 1.70. The van der Waals surface area contributed by atoms with Crippen LogP contribution in [0.15, 0.2) is 36.0 Å². The number of aromatic nitrogens is 1. The van der Waals surface area contributed by atoms with E-state index in [1.165, 1.54) is 16.0 Å². The van der Waals surface area contributed by atoms with E-state index in [4.69, 9.17) is 5.84 Å². The first kappa shape index (κ1) is 11.3. The van der Waals surface area contributed by atoms with Crippen molar-refractivity contribution in [3.05, 3.63) is 52.0 Å². The minimum absolute atomic E-state index is 0.147. The summed E-state index contributed by atoms with van der Waals surface area (Å²) in [5, 5.41) is 0. The number of nitrogens with one attached hydrogen (secondary N) is 1. The minimum atomic E-state index is 0.147. The molecule has 0 spiro atoms. The van der Waals surface area contributed by atoms with Gasteiger partial charge in [0.05, 0.1) is 11.6 Å². The van der Waals surface area contributed by atoms with Crippen molar-refractivity contribution in [2.45, 2.75) is 19.4 Å². The number of hydrogen-bond donors (Lipinski definition) is 2. The number of nitrogens with zero attached hydrogens (tertiary/aromatic N) is 1. The number of benzene rings is 1. The van der Waals surface area contributed by atoms with Crippen molar-refractivity contribution in [3.63, 3.8) is 0 Å². The predicted molar refractivity (Wildman–Crippen MR) is 67.1 cm³/mol. The molecule has 84 valence electrons. The van der Waals surface area contributed by atoms with Crippen molar-refractivity contribution in [1.82, 2.24) is 10.4 Å². The molecule has 0 aliphatic rings. The lowest BCUT2D eigenvalue weighted by Crippen LogP contribution is -2.29. The van der Waals surface area contributed by atoms with E-state index in [9.17, 15) is 0 Å². The van der Waals surface area contributed by atoms with E-state index in [-0.39, 0.29) is 6.04 Å². The van der Waals surface area contributed by atoms with E-state index in [1.807, 2.05) is 11.7 Å². The Morgan fingerprint density at radius 1 is 1.44 bits per heavy atom. The summed E-state index contributed by atoms with van der Waals surface area (Å²) in [6.45, 7) is 2.12. The summed E-state index contributed by atoms with van der Waals surface area (Å²) in [5.41, 5.74) is 7.30. The van der Waals surface area contributed by atoms with Crippen LogP contribution in [0.25, 0.3) is 0 Å². The molecule has 0 aliphatic heterocycles. The van der Waals surface area contributed by atoms with E-state index in [0.717, 1.165) is 6.42 Å². The zero-order valence-corrected chi connectivity index (χ0v) is 10.00. The zero-order valence-electron chi connectivity index (χ0n) is 9.18. The van der Waals surface area contributed by atoms with Gasteiger partial charge in [0, 0.05) is 11.1 Å². The highest BCUT2D eigenvalue weighted by Crippen LogP contribution is 2.22. The van der Waals surface area contributed by atoms with Gasteiger partial charge in [0.1, 0.15) is 0 Å². The Hall–Kier alpha value is -1.23. The van der Waals surface area contributed by atoms with Crippen LogP contribution in [-0.4, -0.2) is 4.98 Å². The van der Waals surface area contributed by atoms with Crippen LogP contribution in [-0.2, 0) is 6.42 Å². The van der Waals surface area contributed by atoms with Crippen LogP contribution in [0.4, 0.5) is 0 Å². The second kappa shape index (κ2) is 5.21. The average Bonchev–Trinajstić information content (AvgIpc) is 2.81. The fourth-order valence-corrected chi connectivity index (χ4v) is 2.38. The Balaban J connectivity index is 2.17. The third-order valence-corrected chi connectivity index (χ3v) is 3.57. The van der Waals surface area contributed by atoms with Crippen molar-refractivity contribution >= 4 is 11.3 Å². The van der Waals surface area contributed by atoms with Gasteiger partial charge in [0.25, 0.3) is 0 Å². The van der Waals surface area contributed by atoms with E-state index in [0.29, 0.717) is 0 Å². The van der Waals surface area contributed by atoms with Crippen LogP contribution >= 0.6 is 11.3 Å². The second-order valence-corrected chi connectivity index (χ2v) is 4.67. The van der Waals surface area contributed by atoms with Gasteiger partial charge in [-0.25, -0.2) is 0 Å². The van der Waals surface area contributed by atoms with Crippen molar-refractivity contribution < 1.29 is 0 Å². The van der Waals surface area contributed by atoms with Gasteiger partial charge in [0.15, 0.2) is 0 Å². The lowest BCUT2D eigenvalue weighted by atomic mass is 10.0. The van der Waals surface area contributed by atoms with Crippen LogP contribution in [0.3, 0.4) is 0 Å². The summed E-state index contributed by atoms with van der Waals surface area (Å²) < 4.78 is 0. The Labute approximate surface area is 99.3 Å². The highest BCUT2D eigenvalue weighted by molar-refractivity contribution is 7.09. The monoisotopic (exact) mass is 233 g/mol. The maximum atomic E-state index is 5.59. The molecule has 0 bridgehead atoms. The van der Waals surface area contributed by atoms with Crippen LogP contribution in [0.2, 0.25) is 0 Å². The molecule has 1 unspecified atom stereocenters. The number of hydrogen-bond acceptors (Lipinski definition) is 4. The Bertz CT molecular complexity index is 439. The molecule has 0 saturated carbocycles. The maximum Gasteiger partial charge on any atom is 0.0794 e. The summed E-state index contributed by atoms with van der Waals surface area (Å²) in [5.74, 6) is 5.59. The molecule has 2 rings (SSSR count). The number of nitrogens with two attached hydrogens (primary N) is 1.